The molecule has 0 bridgehead atoms. The summed E-state index contributed by atoms with van der Waals surface area (Å²) in [6.07, 6.45) is 2.80. The molecule has 1 aliphatic rings. The molecule has 8 heteroatoms. The van der Waals surface area contributed by atoms with Crippen LogP contribution in [0.2, 0.25) is 0 Å². The van der Waals surface area contributed by atoms with E-state index in [-0.39, 0.29) is 10.8 Å². The Kier molecular flexibility index (Phi) is 4.45. The van der Waals surface area contributed by atoms with E-state index >= 15 is 0 Å². The molecule has 1 aromatic heterocycles. The summed E-state index contributed by atoms with van der Waals surface area (Å²) in [5, 5.41) is 5.89. The maximum atomic E-state index is 12.9. The number of benzene rings is 2. The standard InChI is InChI=1S/C19H20N4O3S/c1-22-18(10-11-20-22)23-12-4-7-17(19(23)24)21-27(25,26)16-9-8-14-5-2-3-6-15(14)13-16/h2-3,5-6,8-11,13,17,21H,4,7,12H2,1H3/t17-/m1/s1. The first-order valence-electron chi connectivity index (χ1n) is 8.76. The van der Waals surface area contributed by atoms with Crippen LogP contribution in [0.3, 0.4) is 0 Å². The van der Waals surface area contributed by atoms with Crippen LogP contribution in [0.4, 0.5) is 5.82 Å². The van der Waals surface area contributed by atoms with Crippen LogP contribution < -0.4 is 9.62 Å². The fraction of sp³-hybridized carbons (Fsp3) is 0.263. The summed E-state index contributed by atoms with van der Waals surface area (Å²) in [4.78, 5) is 14.6. The Morgan fingerprint density at radius 3 is 2.63 bits per heavy atom. The van der Waals surface area contributed by atoms with Crippen molar-refractivity contribution in [3.63, 3.8) is 0 Å². The summed E-state index contributed by atoms with van der Waals surface area (Å²) >= 11 is 0. The lowest BCUT2D eigenvalue weighted by Crippen LogP contribution is -2.52. The molecule has 0 unspecified atom stereocenters. The third kappa shape index (κ3) is 3.33. The monoisotopic (exact) mass is 384 g/mol. The van der Waals surface area contributed by atoms with Gasteiger partial charge < -0.3 is 0 Å². The van der Waals surface area contributed by atoms with Crippen molar-refractivity contribution >= 4 is 32.5 Å². The van der Waals surface area contributed by atoms with Crippen LogP contribution in [0.15, 0.2) is 59.6 Å². The Balaban J connectivity index is 1.59. The normalized spacial score (nSPS) is 18.2. The zero-order valence-corrected chi connectivity index (χ0v) is 15.7. The topological polar surface area (TPSA) is 84.3 Å². The number of rotatable bonds is 4. The molecule has 0 spiro atoms. The van der Waals surface area contributed by atoms with Gasteiger partial charge in [-0.05, 0) is 35.7 Å². The third-order valence-corrected chi connectivity index (χ3v) is 6.31. The van der Waals surface area contributed by atoms with Crippen molar-refractivity contribution in [2.45, 2.75) is 23.8 Å². The number of carbonyl (C=O) groups is 1. The number of hydrogen-bond acceptors (Lipinski definition) is 4. The lowest BCUT2D eigenvalue weighted by atomic mass is 10.1. The molecule has 0 aliphatic carbocycles. The molecule has 1 aliphatic heterocycles. The van der Waals surface area contributed by atoms with E-state index in [0.29, 0.717) is 25.2 Å². The molecule has 4 rings (SSSR count). The van der Waals surface area contributed by atoms with Gasteiger partial charge in [0, 0.05) is 19.7 Å². The van der Waals surface area contributed by atoms with E-state index in [0.717, 1.165) is 10.8 Å². The zero-order valence-electron chi connectivity index (χ0n) is 14.9. The lowest BCUT2D eigenvalue weighted by molar-refractivity contribution is -0.121. The average molecular weight is 384 g/mol. The average Bonchev–Trinajstić information content (AvgIpc) is 3.08. The number of aromatic nitrogens is 2. The van der Waals surface area contributed by atoms with Gasteiger partial charge in [0.2, 0.25) is 15.9 Å². The molecule has 27 heavy (non-hydrogen) atoms. The molecule has 3 aromatic rings. The molecule has 2 heterocycles. The lowest BCUT2D eigenvalue weighted by Gasteiger charge is -2.32. The number of nitrogens with one attached hydrogen (secondary N) is 1. The van der Waals surface area contributed by atoms with Gasteiger partial charge in [0.25, 0.3) is 0 Å². The van der Waals surface area contributed by atoms with Gasteiger partial charge in [-0.2, -0.15) is 9.82 Å². The van der Waals surface area contributed by atoms with E-state index in [1.165, 1.54) is 0 Å². The van der Waals surface area contributed by atoms with Gasteiger partial charge in [-0.15, -0.1) is 0 Å². The van der Waals surface area contributed by atoms with Gasteiger partial charge in [-0.3, -0.25) is 14.4 Å². The predicted molar refractivity (Wildman–Crippen MR) is 103 cm³/mol. The maximum absolute atomic E-state index is 12.9. The molecular weight excluding hydrogens is 364 g/mol. The van der Waals surface area contributed by atoms with Crippen LogP contribution in [0.1, 0.15) is 12.8 Å². The van der Waals surface area contributed by atoms with E-state index in [1.54, 1.807) is 47.1 Å². The fourth-order valence-electron chi connectivity index (χ4n) is 3.43. The van der Waals surface area contributed by atoms with Crippen LogP contribution in [0.25, 0.3) is 10.8 Å². The van der Waals surface area contributed by atoms with E-state index < -0.39 is 16.1 Å². The second-order valence-corrected chi connectivity index (χ2v) is 8.34. The van der Waals surface area contributed by atoms with Crippen LogP contribution in [-0.4, -0.2) is 36.7 Å². The van der Waals surface area contributed by atoms with Gasteiger partial charge in [0.1, 0.15) is 11.9 Å². The molecule has 140 valence electrons. The minimum absolute atomic E-state index is 0.159. The number of anilines is 1. The summed E-state index contributed by atoms with van der Waals surface area (Å²) in [5.74, 6) is 0.406. The number of aryl methyl sites for hydroxylation is 1. The Labute approximate surface area is 157 Å². The van der Waals surface area contributed by atoms with Crippen LogP contribution in [-0.2, 0) is 21.9 Å². The number of nitrogens with zero attached hydrogens (tertiary/aromatic N) is 3. The molecule has 0 saturated carbocycles. The minimum atomic E-state index is -3.81. The molecule has 1 atom stereocenters. The molecule has 0 radical (unpaired) electrons. The largest absolute Gasteiger partial charge is 0.296 e. The Hall–Kier alpha value is -2.71. The van der Waals surface area contributed by atoms with Crippen molar-refractivity contribution in [3.05, 3.63) is 54.7 Å². The quantitative estimate of drug-likeness (QED) is 0.746. The number of fused-ring (bicyclic) bond motifs is 1. The summed E-state index contributed by atoms with van der Waals surface area (Å²) in [6, 6.07) is 13.5. The van der Waals surface area contributed by atoms with Crippen LogP contribution in [0, 0.1) is 0 Å². The molecule has 1 saturated heterocycles. The van der Waals surface area contributed by atoms with Gasteiger partial charge in [-0.1, -0.05) is 30.3 Å². The minimum Gasteiger partial charge on any atom is -0.296 e. The maximum Gasteiger partial charge on any atom is 0.246 e. The summed E-state index contributed by atoms with van der Waals surface area (Å²) in [6.45, 7) is 0.548. The highest BCUT2D eigenvalue weighted by molar-refractivity contribution is 7.89. The van der Waals surface area contributed by atoms with Crippen molar-refractivity contribution < 1.29 is 13.2 Å². The van der Waals surface area contributed by atoms with Crippen molar-refractivity contribution in [1.29, 1.82) is 0 Å². The first-order valence-corrected chi connectivity index (χ1v) is 10.2. The summed E-state index contributed by atoms with van der Waals surface area (Å²) in [7, 11) is -2.05. The van der Waals surface area contributed by atoms with Crippen molar-refractivity contribution in [1.82, 2.24) is 14.5 Å². The smallest absolute Gasteiger partial charge is 0.246 e. The first kappa shape index (κ1) is 17.7. The molecule has 1 amide bonds. The van der Waals surface area contributed by atoms with Crippen molar-refractivity contribution in [3.8, 4) is 0 Å². The number of sulfonamides is 1. The second kappa shape index (κ2) is 6.79. The Bertz CT molecular complexity index is 1110. The second-order valence-electron chi connectivity index (χ2n) is 6.63. The zero-order chi connectivity index (χ0) is 19.0. The fourth-order valence-corrected chi connectivity index (χ4v) is 4.69. The number of piperidine rings is 1. The molecule has 1 N–H and O–H groups in total. The number of amides is 1. The molecule has 2 aromatic carbocycles. The van der Waals surface area contributed by atoms with Gasteiger partial charge in [0.15, 0.2) is 0 Å². The Morgan fingerprint density at radius 2 is 1.89 bits per heavy atom. The molecule has 1 fully saturated rings. The van der Waals surface area contributed by atoms with E-state index in [9.17, 15) is 13.2 Å². The van der Waals surface area contributed by atoms with Crippen LogP contribution in [0.5, 0.6) is 0 Å². The van der Waals surface area contributed by atoms with E-state index in [4.69, 9.17) is 0 Å². The van der Waals surface area contributed by atoms with Gasteiger partial charge in [0.05, 0.1) is 11.1 Å². The molecular formula is C19H20N4O3S. The first-order chi connectivity index (χ1) is 13.0. The predicted octanol–water partition coefficient (Wildman–Crippen LogP) is 2.05. The number of carbonyl (C=O) groups excluding carboxylic acids is 1. The van der Waals surface area contributed by atoms with Crippen molar-refractivity contribution in [2.24, 2.45) is 7.05 Å². The highest BCUT2D eigenvalue weighted by Gasteiger charge is 2.34. The molecule has 7 nitrogen and oxygen atoms in total. The Morgan fingerprint density at radius 1 is 1.11 bits per heavy atom. The van der Waals surface area contributed by atoms with Gasteiger partial charge in [-0.25, -0.2) is 8.42 Å². The van der Waals surface area contributed by atoms with Crippen LogP contribution >= 0.6 is 0 Å². The van der Waals surface area contributed by atoms with Gasteiger partial charge >= 0.3 is 0 Å². The highest BCUT2D eigenvalue weighted by atomic mass is 32.2. The summed E-state index contributed by atoms with van der Waals surface area (Å²) in [5.41, 5.74) is 0. The number of hydrogen-bond donors (Lipinski definition) is 1. The van der Waals surface area contributed by atoms with Crippen molar-refractivity contribution in [2.75, 3.05) is 11.4 Å². The third-order valence-electron chi connectivity index (χ3n) is 4.84. The highest BCUT2D eigenvalue weighted by Crippen LogP contribution is 2.23. The SMILES string of the molecule is Cn1nccc1N1CCC[C@@H](NS(=O)(=O)c2ccc3ccccc3c2)C1=O. The van der Waals surface area contributed by atoms with E-state index in [2.05, 4.69) is 9.82 Å². The van der Waals surface area contributed by atoms with E-state index in [1.807, 2.05) is 24.3 Å². The summed E-state index contributed by atoms with van der Waals surface area (Å²) < 4.78 is 29.9.